The number of nitrogens with two attached hydrogens (primary N) is 1. The molecule has 1 rings (SSSR count). The van der Waals surface area contributed by atoms with Crippen LogP contribution in [0.3, 0.4) is 0 Å². The van der Waals surface area contributed by atoms with Crippen molar-refractivity contribution in [1.29, 1.82) is 0 Å². The average molecular weight is 286 g/mol. The predicted molar refractivity (Wildman–Crippen MR) is 73.6 cm³/mol. The highest BCUT2D eigenvalue weighted by molar-refractivity contribution is 7.98. The third-order valence-corrected chi connectivity index (χ3v) is 2.90. The van der Waals surface area contributed by atoms with Crippen molar-refractivity contribution in [3.05, 3.63) is 41.6 Å². The van der Waals surface area contributed by atoms with Gasteiger partial charge in [-0.15, -0.1) is 11.8 Å². The molecule has 0 amide bonds. The molecule has 0 atom stereocenters. The molecule has 7 heteroatoms. The van der Waals surface area contributed by atoms with E-state index in [2.05, 4.69) is 11.7 Å². The number of aromatic nitrogens is 2. The van der Waals surface area contributed by atoms with Crippen LogP contribution in [0.15, 0.2) is 40.9 Å². The van der Waals surface area contributed by atoms with Crippen LogP contribution in [-0.4, -0.2) is 27.1 Å². The zero-order valence-corrected chi connectivity index (χ0v) is 11.2. The molecule has 0 bridgehead atoms. The van der Waals surface area contributed by atoms with Gasteiger partial charge in [0.25, 0.3) is 0 Å². The molecule has 96 valence electrons. The fourth-order valence-electron chi connectivity index (χ4n) is 1.13. The van der Waals surface area contributed by atoms with E-state index in [9.17, 15) is 4.79 Å². The molecule has 0 saturated carbocycles. The second-order valence-corrected chi connectivity index (χ2v) is 4.35. The minimum absolute atomic E-state index is 0.0398. The van der Waals surface area contributed by atoms with Crippen LogP contribution in [-0.2, 0) is 0 Å². The van der Waals surface area contributed by atoms with Crippen LogP contribution >= 0.6 is 23.4 Å². The number of halogens is 1. The summed E-state index contributed by atoms with van der Waals surface area (Å²) in [5.41, 5.74) is 5.74. The number of carbonyl (C=O) groups is 1. The Balaban J connectivity index is 3.30. The fraction of sp³-hybridized carbons (Fsp3) is 0.0909. The van der Waals surface area contributed by atoms with Crippen molar-refractivity contribution in [2.24, 2.45) is 5.73 Å². The van der Waals surface area contributed by atoms with E-state index in [-0.39, 0.29) is 16.5 Å². The van der Waals surface area contributed by atoms with E-state index >= 15 is 0 Å². The van der Waals surface area contributed by atoms with Crippen LogP contribution in [0, 0.1) is 0 Å². The first kappa shape index (κ1) is 14.4. The van der Waals surface area contributed by atoms with Crippen LogP contribution in [0.5, 0.6) is 0 Å². The van der Waals surface area contributed by atoms with Crippen molar-refractivity contribution in [3.63, 3.8) is 0 Å². The van der Waals surface area contributed by atoms with E-state index in [1.165, 1.54) is 30.0 Å². The quantitative estimate of drug-likeness (QED) is 0.641. The van der Waals surface area contributed by atoms with Crippen LogP contribution in [0.1, 0.15) is 10.5 Å². The third-order valence-electron chi connectivity index (χ3n) is 1.97. The Kier molecular flexibility index (Phi) is 5.06. The lowest BCUT2D eigenvalue weighted by Crippen LogP contribution is -2.15. The molecule has 1 aromatic rings. The lowest BCUT2D eigenvalue weighted by atomic mass is 10.4. The van der Waals surface area contributed by atoms with Crippen LogP contribution in [0.25, 0.3) is 5.82 Å². The highest BCUT2D eigenvalue weighted by atomic mass is 35.5. The van der Waals surface area contributed by atoms with Gasteiger partial charge in [0.15, 0.2) is 5.69 Å². The van der Waals surface area contributed by atoms with Gasteiger partial charge >= 0.3 is 5.97 Å². The van der Waals surface area contributed by atoms with Crippen molar-refractivity contribution in [2.45, 2.75) is 5.03 Å². The van der Waals surface area contributed by atoms with Crippen molar-refractivity contribution >= 4 is 35.2 Å². The first-order valence-electron chi connectivity index (χ1n) is 4.83. The van der Waals surface area contributed by atoms with Gasteiger partial charge in [-0.25, -0.2) is 9.48 Å². The van der Waals surface area contributed by atoms with E-state index in [1.54, 1.807) is 12.3 Å². The summed E-state index contributed by atoms with van der Waals surface area (Å²) in [6, 6.07) is 1.43. The Morgan fingerprint density at radius 1 is 1.72 bits per heavy atom. The maximum atomic E-state index is 11.1. The van der Waals surface area contributed by atoms with Gasteiger partial charge in [-0.05, 0) is 12.3 Å². The summed E-state index contributed by atoms with van der Waals surface area (Å²) in [6.45, 7) is 3.50. The molecular formula is C11H12ClN3O2S. The second kappa shape index (κ2) is 6.32. The van der Waals surface area contributed by atoms with E-state index < -0.39 is 5.97 Å². The molecule has 0 aliphatic carbocycles. The number of carboxylic acids is 1. The van der Waals surface area contributed by atoms with Gasteiger partial charge in [0.2, 0.25) is 0 Å². The van der Waals surface area contributed by atoms with Crippen molar-refractivity contribution < 1.29 is 9.90 Å². The number of thioether (sulfide) groups is 1. The molecule has 0 aliphatic rings. The predicted octanol–water partition coefficient (Wildman–Crippen LogP) is 2.37. The number of hydrogen-bond donors (Lipinski definition) is 2. The minimum atomic E-state index is -1.12. The van der Waals surface area contributed by atoms with Crippen molar-refractivity contribution in [2.75, 3.05) is 6.26 Å². The molecule has 0 aromatic carbocycles. The number of rotatable bonds is 5. The minimum Gasteiger partial charge on any atom is -0.477 e. The number of aromatic carboxylic acids is 1. The lowest BCUT2D eigenvalue weighted by molar-refractivity contribution is 0.0687. The highest BCUT2D eigenvalue weighted by Gasteiger charge is 2.16. The maximum absolute atomic E-state index is 11.1. The van der Waals surface area contributed by atoms with Crippen molar-refractivity contribution in [1.82, 2.24) is 9.78 Å². The zero-order chi connectivity index (χ0) is 13.7. The van der Waals surface area contributed by atoms with E-state index in [4.69, 9.17) is 22.4 Å². The molecule has 0 radical (unpaired) electrons. The number of carboxylic acid groups (broad SMARTS) is 1. The number of hydrogen-bond acceptors (Lipinski definition) is 4. The van der Waals surface area contributed by atoms with Gasteiger partial charge in [-0.3, -0.25) is 0 Å². The fourth-order valence-corrected chi connectivity index (χ4v) is 1.68. The summed E-state index contributed by atoms with van der Waals surface area (Å²) in [5.74, 6) is -1.07. The number of allylic oxidation sites excluding steroid dienone is 4. The lowest BCUT2D eigenvalue weighted by Gasteiger charge is -2.05. The van der Waals surface area contributed by atoms with E-state index in [0.29, 0.717) is 5.03 Å². The third kappa shape index (κ3) is 3.18. The Hall–Kier alpha value is -1.66. The molecule has 0 fully saturated rings. The van der Waals surface area contributed by atoms with Gasteiger partial charge < -0.3 is 10.8 Å². The summed E-state index contributed by atoms with van der Waals surface area (Å²) in [7, 11) is 0. The topological polar surface area (TPSA) is 81.1 Å². The van der Waals surface area contributed by atoms with Gasteiger partial charge in [0.05, 0.1) is 5.03 Å². The second-order valence-electron chi connectivity index (χ2n) is 3.12. The smallest absolute Gasteiger partial charge is 0.354 e. The Morgan fingerprint density at radius 2 is 2.39 bits per heavy atom. The summed E-state index contributed by atoms with van der Waals surface area (Å²) in [6.07, 6.45) is 6.42. The maximum Gasteiger partial charge on any atom is 0.354 e. The van der Waals surface area contributed by atoms with Gasteiger partial charge in [-0.2, -0.15) is 5.10 Å². The Bertz CT molecular complexity index is 534. The first-order valence-corrected chi connectivity index (χ1v) is 6.43. The monoisotopic (exact) mass is 285 g/mol. The molecule has 0 unspecified atom stereocenters. The molecule has 1 aromatic heterocycles. The Morgan fingerprint density at radius 3 is 2.89 bits per heavy atom. The van der Waals surface area contributed by atoms with Crippen LogP contribution in [0.4, 0.5) is 0 Å². The zero-order valence-electron chi connectivity index (χ0n) is 9.63. The molecule has 0 aliphatic heterocycles. The van der Waals surface area contributed by atoms with E-state index in [0.717, 1.165) is 4.68 Å². The van der Waals surface area contributed by atoms with Gasteiger partial charge in [0, 0.05) is 6.07 Å². The summed E-state index contributed by atoms with van der Waals surface area (Å²) >= 11 is 7.25. The largest absolute Gasteiger partial charge is 0.477 e. The van der Waals surface area contributed by atoms with Crippen LogP contribution in [0.2, 0.25) is 0 Å². The normalized spacial score (nSPS) is 12.6. The van der Waals surface area contributed by atoms with Crippen LogP contribution < -0.4 is 5.73 Å². The molecule has 0 saturated heterocycles. The molecule has 18 heavy (non-hydrogen) atoms. The first-order chi connectivity index (χ1) is 8.51. The molecule has 1 heterocycles. The Labute approximate surface area is 114 Å². The van der Waals surface area contributed by atoms with Gasteiger partial charge in [0.1, 0.15) is 10.8 Å². The van der Waals surface area contributed by atoms with Crippen molar-refractivity contribution in [3.8, 4) is 0 Å². The van der Waals surface area contributed by atoms with E-state index in [1.807, 2.05) is 0 Å². The SMILES string of the molecule is C=C/C=C\C(Cl)=C(/N)n1nc(SC)cc1C(=O)O. The molecule has 5 nitrogen and oxygen atoms in total. The summed E-state index contributed by atoms with van der Waals surface area (Å²) in [5, 5.41) is 13.8. The summed E-state index contributed by atoms with van der Waals surface area (Å²) < 4.78 is 1.10. The highest BCUT2D eigenvalue weighted by Crippen LogP contribution is 2.19. The molecular weight excluding hydrogens is 274 g/mol. The standard InChI is InChI=1S/C11H12ClN3O2S/c1-3-4-5-7(12)10(13)15-8(11(16)17)6-9(14-15)18-2/h3-6H,1,13H2,2H3,(H,16,17)/b5-4-,10-7-. The molecule has 0 spiro atoms. The average Bonchev–Trinajstić information content (AvgIpc) is 2.79. The number of nitrogens with zero attached hydrogens (tertiary/aromatic N) is 2. The molecule has 3 N–H and O–H groups in total. The summed E-state index contributed by atoms with van der Waals surface area (Å²) in [4.78, 5) is 11.1. The van der Waals surface area contributed by atoms with Gasteiger partial charge in [-0.1, -0.05) is 30.3 Å².